The Morgan fingerprint density at radius 2 is 2.50 bits per heavy atom. The molecule has 0 aliphatic rings. The van der Waals surface area contributed by atoms with Crippen LogP contribution in [0.4, 0.5) is 0 Å². The van der Waals surface area contributed by atoms with Crippen LogP contribution in [0.5, 0.6) is 0 Å². The number of nitrogens with one attached hydrogen (secondary N) is 1. The van der Waals surface area contributed by atoms with Crippen molar-refractivity contribution in [3.05, 3.63) is 36.2 Å². The summed E-state index contributed by atoms with van der Waals surface area (Å²) in [7, 11) is 1.38. The first-order valence-electron chi connectivity index (χ1n) is 4.96. The number of nitrogens with zero attached hydrogens (tertiary/aromatic N) is 1. The summed E-state index contributed by atoms with van der Waals surface area (Å²) in [5.74, 6) is -0.244. The molecule has 82 valence electrons. The highest BCUT2D eigenvalue weighted by Crippen LogP contribution is 2.12. The number of aromatic amines is 1. The Kier molecular flexibility index (Phi) is 3.00. The second kappa shape index (κ2) is 4.61. The molecule has 2 heterocycles. The zero-order valence-corrected chi connectivity index (χ0v) is 8.93. The molecule has 4 heteroatoms. The van der Waals surface area contributed by atoms with Gasteiger partial charge in [-0.2, -0.15) is 0 Å². The number of esters is 1. The van der Waals surface area contributed by atoms with Crippen LogP contribution in [0.15, 0.2) is 30.6 Å². The largest absolute Gasteiger partial charge is 0.469 e. The molecule has 1 N–H and O–H groups in total. The van der Waals surface area contributed by atoms with E-state index in [-0.39, 0.29) is 12.4 Å². The van der Waals surface area contributed by atoms with Crippen LogP contribution in [0.1, 0.15) is 12.0 Å². The minimum Gasteiger partial charge on any atom is -0.469 e. The number of hydrogen-bond donors (Lipinski definition) is 1. The number of fused-ring (bicyclic) bond motifs is 1. The van der Waals surface area contributed by atoms with Gasteiger partial charge in [0, 0.05) is 17.8 Å². The highest BCUT2D eigenvalue weighted by molar-refractivity contribution is 5.78. The Hall–Kier alpha value is -2.10. The van der Waals surface area contributed by atoms with E-state index in [4.69, 9.17) is 0 Å². The van der Waals surface area contributed by atoms with Crippen molar-refractivity contribution in [1.82, 2.24) is 9.97 Å². The van der Waals surface area contributed by atoms with Crippen molar-refractivity contribution >= 4 is 23.1 Å². The van der Waals surface area contributed by atoms with Gasteiger partial charge in [-0.3, -0.25) is 4.79 Å². The molecular weight excluding hydrogens is 204 g/mol. The number of methoxy groups -OCH3 is 1. The standard InChI is InChI=1S/C12H12N2O2/c1-16-11(15)4-2-3-9-7-10-5-6-13-12(10)14-8-9/h2-3,5-8H,4H2,1H3,(H,13,14). The Balaban J connectivity index is 2.11. The maximum atomic E-state index is 10.9. The highest BCUT2D eigenvalue weighted by atomic mass is 16.5. The van der Waals surface area contributed by atoms with Crippen molar-refractivity contribution in [3.63, 3.8) is 0 Å². The third kappa shape index (κ3) is 2.28. The highest BCUT2D eigenvalue weighted by Gasteiger charge is 1.97. The van der Waals surface area contributed by atoms with Crippen molar-refractivity contribution in [2.24, 2.45) is 0 Å². The van der Waals surface area contributed by atoms with E-state index >= 15 is 0 Å². The number of ether oxygens (including phenoxy) is 1. The number of carbonyl (C=O) groups is 1. The maximum absolute atomic E-state index is 10.9. The lowest BCUT2D eigenvalue weighted by Crippen LogP contribution is -1.96. The van der Waals surface area contributed by atoms with E-state index in [2.05, 4.69) is 14.7 Å². The van der Waals surface area contributed by atoms with Crippen LogP contribution < -0.4 is 0 Å². The summed E-state index contributed by atoms with van der Waals surface area (Å²) in [6, 6.07) is 3.96. The molecule has 2 aromatic heterocycles. The molecule has 0 aromatic carbocycles. The first-order chi connectivity index (χ1) is 7.79. The van der Waals surface area contributed by atoms with Gasteiger partial charge in [-0.15, -0.1) is 0 Å². The van der Waals surface area contributed by atoms with Gasteiger partial charge in [0.2, 0.25) is 0 Å². The molecule has 0 fully saturated rings. The molecule has 4 nitrogen and oxygen atoms in total. The van der Waals surface area contributed by atoms with E-state index in [1.165, 1.54) is 7.11 Å². The lowest BCUT2D eigenvalue weighted by atomic mass is 10.2. The summed E-state index contributed by atoms with van der Waals surface area (Å²) in [5.41, 5.74) is 1.83. The number of H-pyrrole nitrogens is 1. The Bertz CT molecular complexity index is 529. The van der Waals surface area contributed by atoms with Gasteiger partial charge in [-0.25, -0.2) is 4.98 Å². The lowest BCUT2D eigenvalue weighted by molar-refractivity contribution is -0.139. The summed E-state index contributed by atoms with van der Waals surface area (Å²) in [6.07, 6.45) is 7.51. The Labute approximate surface area is 93.0 Å². The molecule has 0 bridgehead atoms. The monoisotopic (exact) mass is 216 g/mol. The quantitative estimate of drug-likeness (QED) is 0.800. The van der Waals surface area contributed by atoms with Crippen molar-refractivity contribution in [2.75, 3.05) is 7.11 Å². The third-order valence-electron chi connectivity index (χ3n) is 2.24. The van der Waals surface area contributed by atoms with E-state index in [1.54, 1.807) is 12.3 Å². The Morgan fingerprint density at radius 1 is 1.62 bits per heavy atom. The summed E-state index contributed by atoms with van der Waals surface area (Å²) in [6.45, 7) is 0. The topological polar surface area (TPSA) is 55.0 Å². The molecule has 0 saturated heterocycles. The molecule has 2 aromatic rings. The zero-order valence-electron chi connectivity index (χ0n) is 8.93. The predicted octanol–water partition coefficient (Wildman–Crippen LogP) is 2.14. The van der Waals surface area contributed by atoms with Crippen molar-refractivity contribution in [1.29, 1.82) is 0 Å². The van der Waals surface area contributed by atoms with Crippen LogP contribution in [0.2, 0.25) is 0 Å². The summed E-state index contributed by atoms with van der Waals surface area (Å²) < 4.78 is 4.54. The summed E-state index contributed by atoms with van der Waals surface area (Å²) >= 11 is 0. The molecule has 0 amide bonds. The van der Waals surface area contributed by atoms with Crippen molar-refractivity contribution in [2.45, 2.75) is 6.42 Å². The average Bonchev–Trinajstić information content (AvgIpc) is 2.76. The molecular formula is C12H12N2O2. The molecule has 0 unspecified atom stereocenters. The van der Waals surface area contributed by atoms with E-state index in [0.717, 1.165) is 16.6 Å². The van der Waals surface area contributed by atoms with Crippen LogP contribution in [0.3, 0.4) is 0 Å². The Morgan fingerprint density at radius 3 is 3.31 bits per heavy atom. The van der Waals surface area contributed by atoms with Crippen LogP contribution in [0, 0.1) is 0 Å². The molecule has 0 radical (unpaired) electrons. The number of hydrogen-bond acceptors (Lipinski definition) is 3. The third-order valence-corrected chi connectivity index (χ3v) is 2.24. The number of rotatable bonds is 3. The fourth-order valence-electron chi connectivity index (χ4n) is 1.42. The second-order valence-corrected chi connectivity index (χ2v) is 3.37. The van der Waals surface area contributed by atoms with Gasteiger partial charge in [0.1, 0.15) is 5.65 Å². The van der Waals surface area contributed by atoms with Crippen molar-refractivity contribution in [3.8, 4) is 0 Å². The predicted molar refractivity (Wildman–Crippen MR) is 61.8 cm³/mol. The van der Waals surface area contributed by atoms with Gasteiger partial charge in [0.15, 0.2) is 0 Å². The normalized spacial score (nSPS) is 11.1. The second-order valence-electron chi connectivity index (χ2n) is 3.37. The average molecular weight is 216 g/mol. The maximum Gasteiger partial charge on any atom is 0.309 e. The van der Waals surface area contributed by atoms with E-state index in [1.807, 2.05) is 24.4 Å². The summed E-state index contributed by atoms with van der Waals surface area (Å²) in [4.78, 5) is 18.1. The van der Waals surface area contributed by atoms with Gasteiger partial charge < -0.3 is 9.72 Å². The van der Waals surface area contributed by atoms with Crippen LogP contribution in [0.25, 0.3) is 17.1 Å². The van der Waals surface area contributed by atoms with Gasteiger partial charge in [-0.05, 0) is 17.7 Å². The molecule has 0 spiro atoms. The SMILES string of the molecule is COC(=O)CC=Cc1cnc2[nH]ccc2c1. The van der Waals surface area contributed by atoms with E-state index in [0.29, 0.717) is 0 Å². The fourth-order valence-corrected chi connectivity index (χ4v) is 1.42. The van der Waals surface area contributed by atoms with Crippen LogP contribution in [-0.4, -0.2) is 23.0 Å². The molecule has 0 aliphatic carbocycles. The first kappa shape index (κ1) is 10.4. The molecule has 0 saturated carbocycles. The van der Waals surface area contributed by atoms with Gasteiger partial charge in [-0.1, -0.05) is 12.2 Å². The van der Waals surface area contributed by atoms with Gasteiger partial charge >= 0.3 is 5.97 Å². The minimum absolute atomic E-state index is 0.244. The molecule has 0 atom stereocenters. The number of aromatic nitrogens is 2. The van der Waals surface area contributed by atoms with Crippen LogP contribution >= 0.6 is 0 Å². The molecule has 2 rings (SSSR count). The molecule has 16 heavy (non-hydrogen) atoms. The smallest absolute Gasteiger partial charge is 0.309 e. The lowest BCUT2D eigenvalue weighted by Gasteiger charge is -1.94. The van der Waals surface area contributed by atoms with E-state index in [9.17, 15) is 4.79 Å². The minimum atomic E-state index is -0.244. The van der Waals surface area contributed by atoms with E-state index < -0.39 is 0 Å². The van der Waals surface area contributed by atoms with Gasteiger partial charge in [0.25, 0.3) is 0 Å². The summed E-state index contributed by atoms with van der Waals surface area (Å²) in [5, 5.41) is 1.06. The molecule has 0 aliphatic heterocycles. The van der Waals surface area contributed by atoms with Crippen molar-refractivity contribution < 1.29 is 9.53 Å². The fraction of sp³-hybridized carbons (Fsp3) is 0.167. The first-order valence-corrected chi connectivity index (χ1v) is 4.96. The number of pyridine rings is 1. The van der Waals surface area contributed by atoms with Gasteiger partial charge in [0.05, 0.1) is 13.5 Å². The zero-order chi connectivity index (χ0) is 11.4. The van der Waals surface area contributed by atoms with Crippen LogP contribution in [-0.2, 0) is 9.53 Å². The number of carbonyl (C=O) groups excluding carboxylic acids is 1.